The van der Waals surface area contributed by atoms with Crippen LogP contribution in [0.3, 0.4) is 0 Å². The fraction of sp³-hybridized carbons (Fsp3) is 0.462. The summed E-state index contributed by atoms with van der Waals surface area (Å²) in [6.45, 7) is 4.37. The smallest absolute Gasteiger partial charge is 0.255 e. The van der Waals surface area contributed by atoms with Crippen molar-refractivity contribution in [3.63, 3.8) is 0 Å². The van der Waals surface area contributed by atoms with Crippen LogP contribution in [0.15, 0.2) is 48.5 Å². The molecule has 1 heterocycles. The normalized spacial score (nSPS) is 17.2. The van der Waals surface area contributed by atoms with Crippen LogP contribution in [-0.2, 0) is 11.3 Å². The van der Waals surface area contributed by atoms with Crippen LogP contribution in [0.4, 0.5) is 5.69 Å². The van der Waals surface area contributed by atoms with E-state index >= 15 is 0 Å². The van der Waals surface area contributed by atoms with E-state index in [9.17, 15) is 9.59 Å². The number of carbonyl (C=O) groups is 2. The lowest BCUT2D eigenvalue weighted by Crippen LogP contribution is -2.44. The molecule has 0 bridgehead atoms. The Morgan fingerprint density at radius 1 is 1.15 bits per heavy atom. The molecule has 3 rings (SSSR count). The van der Waals surface area contributed by atoms with Gasteiger partial charge in [0.25, 0.3) is 5.91 Å². The minimum absolute atomic E-state index is 0.218. The van der Waals surface area contributed by atoms with Crippen LogP contribution in [0.1, 0.15) is 48.5 Å². The van der Waals surface area contributed by atoms with Crippen LogP contribution in [0.2, 0.25) is 0 Å². The molecule has 2 unspecified atom stereocenters. The Kier molecular flexibility index (Phi) is 9.63. The third-order valence-electron chi connectivity index (χ3n) is 6.13. The molecule has 0 saturated carbocycles. The maximum absolute atomic E-state index is 13.0. The molecule has 0 aromatic heterocycles. The number of methoxy groups -OCH3 is 1. The van der Waals surface area contributed by atoms with Crippen molar-refractivity contribution in [3.05, 3.63) is 59.7 Å². The van der Waals surface area contributed by atoms with Crippen molar-refractivity contribution < 1.29 is 14.3 Å². The van der Waals surface area contributed by atoms with E-state index in [0.717, 1.165) is 24.5 Å². The molecule has 1 aliphatic rings. The molecule has 178 valence electrons. The fourth-order valence-corrected chi connectivity index (χ4v) is 4.59. The van der Waals surface area contributed by atoms with Gasteiger partial charge in [0, 0.05) is 18.3 Å². The zero-order valence-electron chi connectivity index (χ0n) is 19.8. The van der Waals surface area contributed by atoms with Gasteiger partial charge in [-0.1, -0.05) is 30.7 Å². The highest BCUT2D eigenvalue weighted by Gasteiger charge is 2.23. The third-order valence-corrected chi connectivity index (χ3v) is 6.78. The summed E-state index contributed by atoms with van der Waals surface area (Å²) in [5, 5.41) is 5.85. The highest BCUT2D eigenvalue weighted by Crippen LogP contribution is 2.21. The van der Waals surface area contributed by atoms with Crippen molar-refractivity contribution in [2.45, 2.75) is 51.2 Å². The number of likely N-dealkylation sites (tertiary alicyclic amines) is 1. The summed E-state index contributed by atoms with van der Waals surface area (Å²) >= 11 is 1.64. The Morgan fingerprint density at radius 2 is 1.91 bits per heavy atom. The fourth-order valence-electron chi connectivity index (χ4n) is 4.12. The molecule has 2 N–H and O–H groups in total. The first-order valence-electron chi connectivity index (χ1n) is 11.6. The molecule has 0 spiro atoms. The van der Waals surface area contributed by atoms with E-state index in [0.29, 0.717) is 23.8 Å². The van der Waals surface area contributed by atoms with Crippen molar-refractivity contribution in [2.75, 3.05) is 31.0 Å². The van der Waals surface area contributed by atoms with Crippen LogP contribution in [0, 0.1) is 0 Å². The Bertz CT molecular complexity index is 919. The highest BCUT2D eigenvalue weighted by atomic mass is 32.2. The number of nitrogens with zero attached hydrogens (tertiary/aromatic N) is 1. The predicted octanol–water partition coefficient (Wildman–Crippen LogP) is 4.56. The van der Waals surface area contributed by atoms with Gasteiger partial charge in [-0.2, -0.15) is 11.8 Å². The molecular formula is C26H35N3O3S. The Hall–Kier alpha value is -2.51. The molecule has 33 heavy (non-hydrogen) atoms. The first kappa shape index (κ1) is 25.1. The van der Waals surface area contributed by atoms with Gasteiger partial charge in [0.05, 0.1) is 12.7 Å². The van der Waals surface area contributed by atoms with E-state index < -0.39 is 6.04 Å². The van der Waals surface area contributed by atoms with Crippen LogP contribution < -0.4 is 15.4 Å². The van der Waals surface area contributed by atoms with Gasteiger partial charge in [-0.15, -0.1) is 0 Å². The number of anilines is 1. The molecule has 0 radical (unpaired) electrons. The molecule has 6 nitrogen and oxygen atoms in total. The van der Waals surface area contributed by atoms with E-state index in [1.807, 2.05) is 24.5 Å². The lowest BCUT2D eigenvalue weighted by Gasteiger charge is -2.33. The van der Waals surface area contributed by atoms with E-state index in [1.54, 1.807) is 30.0 Å². The summed E-state index contributed by atoms with van der Waals surface area (Å²) in [5.41, 5.74) is 2.39. The van der Waals surface area contributed by atoms with Crippen LogP contribution in [0.5, 0.6) is 5.75 Å². The minimum Gasteiger partial charge on any atom is -0.496 e. The molecule has 2 aromatic carbocycles. The second-order valence-corrected chi connectivity index (χ2v) is 9.49. The second-order valence-electron chi connectivity index (χ2n) is 8.51. The summed E-state index contributed by atoms with van der Waals surface area (Å²) in [6.07, 6.45) is 6.36. The summed E-state index contributed by atoms with van der Waals surface area (Å²) in [7, 11) is 1.53. The van der Waals surface area contributed by atoms with E-state index in [1.165, 1.54) is 31.9 Å². The Balaban J connectivity index is 1.62. The largest absolute Gasteiger partial charge is 0.496 e. The van der Waals surface area contributed by atoms with Gasteiger partial charge in [0.1, 0.15) is 11.8 Å². The zero-order valence-corrected chi connectivity index (χ0v) is 20.6. The predicted molar refractivity (Wildman–Crippen MR) is 136 cm³/mol. The summed E-state index contributed by atoms with van der Waals surface area (Å²) < 4.78 is 5.29. The van der Waals surface area contributed by atoms with Gasteiger partial charge >= 0.3 is 0 Å². The van der Waals surface area contributed by atoms with Gasteiger partial charge in [-0.3, -0.25) is 14.5 Å². The first-order valence-corrected chi connectivity index (χ1v) is 13.0. The lowest BCUT2D eigenvalue weighted by atomic mass is 10.0. The van der Waals surface area contributed by atoms with Crippen LogP contribution >= 0.6 is 11.8 Å². The topological polar surface area (TPSA) is 70.7 Å². The average molecular weight is 470 g/mol. The van der Waals surface area contributed by atoms with Crippen molar-refractivity contribution in [1.82, 2.24) is 10.2 Å². The molecule has 1 fully saturated rings. The molecule has 0 aliphatic carbocycles. The number of hydrogen-bond acceptors (Lipinski definition) is 5. The van der Waals surface area contributed by atoms with E-state index in [2.05, 4.69) is 34.6 Å². The number of nitrogens with one attached hydrogen (secondary N) is 2. The number of piperidine rings is 1. The maximum atomic E-state index is 13.0. The molecule has 7 heteroatoms. The van der Waals surface area contributed by atoms with Crippen molar-refractivity contribution in [1.29, 1.82) is 0 Å². The average Bonchev–Trinajstić information content (AvgIpc) is 2.84. The molecule has 2 aromatic rings. The van der Waals surface area contributed by atoms with Crippen molar-refractivity contribution in [3.8, 4) is 5.75 Å². The van der Waals surface area contributed by atoms with Crippen LogP contribution in [-0.4, -0.2) is 54.5 Å². The maximum Gasteiger partial charge on any atom is 0.255 e. The second kappa shape index (κ2) is 12.7. The van der Waals surface area contributed by atoms with Crippen LogP contribution in [0.25, 0.3) is 0 Å². The molecule has 2 amide bonds. The summed E-state index contributed by atoms with van der Waals surface area (Å²) in [4.78, 5) is 28.4. The number of hydrogen-bond donors (Lipinski definition) is 2. The van der Waals surface area contributed by atoms with Gasteiger partial charge < -0.3 is 15.4 Å². The zero-order chi connectivity index (χ0) is 23.6. The number of ether oxygens (including phenoxy) is 1. The molecule has 1 saturated heterocycles. The Labute approximate surface area is 201 Å². The number of para-hydroxylation sites is 1. The van der Waals surface area contributed by atoms with Gasteiger partial charge in [0.15, 0.2) is 0 Å². The third kappa shape index (κ3) is 7.24. The van der Waals surface area contributed by atoms with E-state index in [4.69, 9.17) is 4.74 Å². The van der Waals surface area contributed by atoms with Crippen molar-refractivity contribution >= 4 is 29.3 Å². The highest BCUT2D eigenvalue weighted by molar-refractivity contribution is 7.98. The first-order chi connectivity index (χ1) is 16.0. The monoisotopic (exact) mass is 469 g/mol. The number of benzene rings is 2. The number of thioether (sulfide) groups is 1. The molecule has 2 atom stereocenters. The van der Waals surface area contributed by atoms with Gasteiger partial charge in [-0.25, -0.2) is 0 Å². The number of amides is 2. The summed E-state index contributed by atoms with van der Waals surface area (Å²) in [5.74, 6) is 0.707. The van der Waals surface area contributed by atoms with E-state index in [-0.39, 0.29) is 11.8 Å². The van der Waals surface area contributed by atoms with Gasteiger partial charge in [-0.05, 0) is 74.6 Å². The SMILES string of the molecule is COc1ccccc1C(=O)NC(CCSC)C(=O)Nc1ccc(CN2CCCCC2C)cc1. The molecular weight excluding hydrogens is 434 g/mol. The number of carbonyl (C=O) groups excluding carboxylic acids is 2. The molecule has 1 aliphatic heterocycles. The number of rotatable bonds is 10. The quantitative estimate of drug-likeness (QED) is 0.534. The standard InChI is InChI=1S/C26H35N3O3S/c1-19-8-6-7-16-29(19)18-20-11-13-21(14-12-20)27-26(31)23(15-17-33-3)28-25(30)22-9-4-5-10-24(22)32-2/h4-5,9-14,19,23H,6-8,15-18H2,1-3H3,(H,27,31)(H,28,30). The minimum atomic E-state index is -0.635. The summed E-state index contributed by atoms with van der Waals surface area (Å²) in [6, 6.07) is 15.0. The lowest BCUT2D eigenvalue weighted by molar-refractivity contribution is -0.118. The van der Waals surface area contributed by atoms with Crippen molar-refractivity contribution in [2.24, 2.45) is 0 Å². The van der Waals surface area contributed by atoms with Gasteiger partial charge in [0.2, 0.25) is 5.91 Å². The Morgan fingerprint density at radius 3 is 2.61 bits per heavy atom.